The van der Waals surface area contributed by atoms with Gasteiger partial charge in [-0.15, -0.1) is 0 Å². The van der Waals surface area contributed by atoms with Crippen molar-refractivity contribution < 1.29 is 4.79 Å². The Balaban J connectivity index is 1.95. The maximum atomic E-state index is 11.9. The van der Waals surface area contributed by atoms with Crippen molar-refractivity contribution in [2.24, 2.45) is 0 Å². The third-order valence-electron chi connectivity index (χ3n) is 2.96. The zero-order valence-electron chi connectivity index (χ0n) is 11.3. The minimum atomic E-state index is -0.122. The molecule has 0 radical (unpaired) electrons. The van der Waals surface area contributed by atoms with Gasteiger partial charge in [0, 0.05) is 17.8 Å². The van der Waals surface area contributed by atoms with Gasteiger partial charge in [0.1, 0.15) is 6.07 Å². The van der Waals surface area contributed by atoms with E-state index in [-0.39, 0.29) is 5.91 Å². The van der Waals surface area contributed by atoms with Gasteiger partial charge in [-0.25, -0.2) is 0 Å². The predicted molar refractivity (Wildman–Crippen MR) is 84.0 cm³/mol. The maximum absolute atomic E-state index is 11.9. The third kappa shape index (κ3) is 4.23. The van der Waals surface area contributed by atoms with Crippen LogP contribution in [0.15, 0.2) is 42.5 Å². The molecule has 0 unspecified atom stereocenters. The molecule has 0 aliphatic heterocycles. The van der Waals surface area contributed by atoms with Crippen LogP contribution in [0.3, 0.4) is 0 Å². The van der Waals surface area contributed by atoms with E-state index in [0.717, 1.165) is 5.56 Å². The number of amides is 1. The summed E-state index contributed by atoms with van der Waals surface area (Å²) in [7, 11) is 0. The highest BCUT2D eigenvalue weighted by molar-refractivity contribution is 6.31. The first kappa shape index (κ1) is 14.9. The maximum Gasteiger partial charge on any atom is 0.224 e. The number of halogens is 1. The number of carbonyl (C=O) groups is 1. The lowest BCUT2D eigenvalue weighted by Gasteiger charge is -2.07. The van der Waals surface area contributed by atoms with Gasteiger partial charge in [-0.3, -0.25) is 4.79 Å². The number of nitrogens with one attached hydrogen (secondary N) is 1. The molecule has 0 saturated carbocycles. The van der Waals surface area contributed by atoms with E-state index >= 15 is 0 Å². The number of anilines is 2. The van der Waals surface area contributed by atoms with Crippen LogP contribution in [0.4, 0.5) is 11.4 Å². The molecule has 0 aromatic heterocycles. The molecule has 5 heteroatoms. The highest BCUT2D eigenvalue weighted by Crippen LogP contribution is 2.20. The molecule has 0 bridgehead atoms. The molecule has 4 nitrogen and oxygen atoms in total. The number of nitrogens with zero attached hydrogens (tertiary/aromatic N) is 1. The standard InChI is InChI=1S/C16H14ClN3O/c17-15-6-5-14(9-12(15)10-18)20-16(21)7-4-11-2-1-3-13(19)8-11/h1-3,5-6,8-9H,4,7,19H2,(H,20,21). The average molecular weight is 300 g/mol. The van der Waals surface area contributed by atoms with Crippen molar-refractivity contribution in [1.29, 1.82) is 5.26 Å². The summed E-state index contributed by atoms with van der Waals surface area (Å²) in [5.41, 5.74) is 8.29. The second kappa shape index (κ2) is 6.78. The monoisotopic (exact) mass is 299 g/mol. The molecule has 0 heterocycles. The van der Waals surface area contributed by atoms with Crippen molar-refractivity contribution in [3.8, 4) is 6.07 Å². The number of carbonyl (C=O) groups excluding carboxylic acids is 1. The Hall–Kier alpha value is -2.51. The molecule has 0 aliphatic carbocycles. The summed E-state index contributed by atoms with van der Waals surface area (Å²) in [6, 6.07) is 14.2. The van der Waals surface area contributed by atoms with E-state index in [4.69, 9.17) is 22.6 Å². The molecule has 0 spiro atoms. The molecular formula is C16H14ClN3O. The van der Waals surface area contributed by atoms with E-state index in [2.05, 4.69) is 5.32 Å². The number of benzene rings is 2. The summed E-state index contributed by atoms with van der Waals surface area (Å²) in [6.07, 6.45) is 0.948. The Morgan fingerprint density at radius 1 is 1.29 bits per heavy atom. The molecule has 1 amide bonds. The molecule has 0 fully saturated rings. The van der Waals surface area contributed by atoms with Crippen LogP contribution in [-0.4, -0.2) is 5.91 Å². The first-order valence-electron chi connectivity index (χ1n) is 6.42. The molecular weight excluding hydrogens is 286 g/mol. The lowest BCUT2D eigenvalue weighted by Crippen LogP contribution is -2.12. The molecule has 2 rings (SSSR count). The van der Waals surface area contributed by atoms with E-state index in [1.54, 1.807) is 24.3 Å². The lowest BCUT2D eigenvalue weighted by molar-refractivity contribution is -0.116. The predicted octanol–water partition coefficient (Wildman–Crippen LogP) is 3.37. The number of hydrogen-bond donors (Lipinski definition) is 2. The zero-order chi connectivity index (χ0) is 15.2. The Labute approximate surface area is 128 Å². The van der Waals surface area contributed by atoms with Crippen molar-refractivity contribution in [1.82, 2.24) is 0 Å². The Morgan fingerprint density at radius 3 is 2.81 bits per heavy atom. The fourth-order valence-corrected chi connectivity index (χ4v) is 2.08. The number of nitrogen functional groups attached to an aromatic ring is 1. The molecule has 2 aromatic rings. The van der Waals surface area contributed by atoms with Crippen LogP contribution in [0, 0.1) is 11.3 Å². The molecule has 3 N–H and O–H groups in total. The van der Waals surface area contributed by atoms with Crippen molar-refractivity contribution in [2.75, 3.05) is 11.1 Å². The van der Waals surface area contributed by atoms with E-state index in [1.165, 1.54) is 0 Å². The van der Waals surface area contributed by atoms with Crippen molar-refractivity contribution in [3.05, 3.63) is 58.6 Å². The van der Waals surface area contributed by atoms with Gasteiger partial charge >= 0.3 is 0 Å². The van der Waals surface area contributed by atoms with Gasteiger partial charge in [0.25, 0.3) is 0 Å². The summed E-state index contributed by atoms with van der Waals surface area (Å²) in [5, 5.41) is 12.0. The van der Waals surface area contributed by atoms with Crippen molar-refractivity contribution in [2.45, 2.75) is 12.8 Å². The molecule has 21 heavy (non-hydrogen) atoms. The SMILES string of the molecule is N#Cc1cc(NC(=O)CCc2cccc(N)c2)ccc1Cl. The molecule has 2 aromatic carbocycles. The summed E-state index contributed by atoms with van der Waals surface area (Å²) >= 11 is 5.84. The van der Waals surface area contributed by atoms with Crippen LogP contribution < -0.4 is 11.1 Å². The normalized spacial score (nSPS) is 9.90. The third-order valence-corrected chi connectivity index (χ3v) is 3.29. The van der Waals surface area contributed by atoms with Crippen molar-refractivity contribution >= 4 is 28.9 Å². The van der Waals surface area contributed by atoms with Gasteiger partial charge < -0.3 is 11.1 Å². The Morgan fingerprint density at radius 2 is 2.10 bits per heavy atom. The minimum Gasteiger partial charge on any atom is -0.399 e. The van der Waals surface area contributed by atoms with E-state index in [9.17, 15) is 4.79 Å². The van der Waals surface area contributed by atoms with Gasteiger partial charge in [-0.2, -0.15) is 5.26 Å². The van der Waals surface area contributed by atoms with Crippen LogP contribution in [0.1, 0.15) is 17.5 Å². The van der Waals surface area contributed by atoms with Gasteiger partial charge in [0.15, 0.2) is 0 Å². The fourth-order valence-electron chi connectivity index (χ4n) is 1.92. The first-order chi connectivity index (χ1) is 10.1. The van der Waals surface area contributed by atoms with E-state index in [1.807, 2.05) is 24.3 Å². The summed E-state index contributed by atoms with van der Waals surface area (Å²) in [6.45, 7) is 0. The highest BCUT2D eigenvalue weighted by atomic mass is 35.5. The molecule has 0 atom stereocenters. The fraction of sp³-hybridized carbons (Fsp3) is 0.125. The molecule has 106 valence electrons. The minimum absolute atomic E-state index is 0.122. The average Bonchev–Trinajstić information content (AvgIpc) is 2.47. The van der Waals surface area contributed by atoms with Gasteiger partial charge in [-0.1, -0.05) is 23.7 Å². The Bertz CT molecular complexity index is 707. The summed E-state index contributed by atoms with van der Waals surface area (Å²) in [5.74, 6) is -0.122. The second-order valence-electron chi connectivity index (χ2n) is 4.60. The lowest BCUT2D eigenvalue weighted by atomic mass is 10.1. The number of rotatable bonds is 4. The van der Waals surface area contributed by atoms with Crippen LogP contribution >= 0.6 is 11.6 Å². The number of nitriles is 1. The topological polar surface area (TPSA) is 78.9 Å². The van der Waals surface area contributed by atoms with Crippen LogP contribution in [0.2, 0.25) is 5.02 Å². The summed E-state index contributed by atoms with van der Waals surface area (Å²) < 4.78 is 0. The Kier molecular flexibility index (Phi) is 4.81. The molecule has 0 saturated heterocycles. The van der Waals surface area contributed by atoms with Crippen molar-refractivity contribution in [3.63, 3.8) is 0 Å². The smallest absolute Gasteiger partial charge is 0.224 e. The molecule has 0 aliphatic rings. The van der Waals surface area contributed by atoms with E-state index in [0.29, 0.717) is 34.8 Å². The number of hydrogen-bond acceptors (Lipinski definition) is 3. The van der Waals surface area contributed by atoms with Gasteiger partial charge in [0.2, 0.25) is 5.91 Å². The summed E-state index contributed by atoms with van der Waals surface area (Å²) in [4.78, 5) is 11.9. The van der Waals surface area contributed by atoms with Crippen LogP contribution in [0.25, 0.3) is 0 Å². The quantitative estimate of drug-likeness (QED) is 0.850. The number of nitrogens with two attached hydrogens (primary N) is 1. The van der Waals surface area contributed by atoms with E-state index < -0.39 is 0 Å². The zero-order valence-corrected chi connectivity index (χ0v) is 12.0. The van der Waals surface area contributed by atoms with Gasteiger partial charge in [-0.05, 0) is 42.3 Å². The number of aryl methyl sites for hydroxylation is 1. The largest absolute Gasteiger partial charge is 0.399 e. The highest BCUT2D eigenvalue weighted by Gasteiger charge is 2.06. The van der Waals surface area contributed by atoms with Crippen LogP contribution in [0.5, 0.6) is 0 Å². The van der Waals surface area contributed by atoms with Crippen LogP contribution in [-0.2, 0) is 11.2 Å². The first-order valence-corrected chi connectivity index (χ1v) is 6.80. The second-order valence-corrected chi connectivity index (χ2v) is 5.01. The van der Waals surface area contributed by atoms with Gasteiger partial charge in [0.05, 0.1) is 10.6 Å².